The van der Waals surface area contributed by atoms with E-state index in [2.05, 4.69) is 59.8 Å². The molecular formula is C22H24N2S. The summed E-state index contributed by atoms with van der Waals surface area (Å²) in [5.41, 5.74) is 6.31. The predicted octanol–water partition coefficient (Wildman–Crippen LogP) is 5.88. The van der Waals surface area contributed by atoms with Gasteiger partial charge in [0.25, 0.3) is 0 Å². The zero-order valence-corrected chi connectivity index (χ0v) is 15.6. The van der Waals surface area contributed by atoms with E-state index in [4.69, 9.17) is 4.99 Å². The van der Waals surface area contributed by atoms with Crippen LogP contribution in [0.25, 0.3) is 11.0 Å². The number of allylic oxidation sites excluding steroid dienone is 9. The van der Waals surface area contributed by atoms with Crippen LogP contribution in [0, 0.1) is 0 Å². The van der Waals surface area contributed by atoms with Gasteiger partial charge in [0.15, 0.2) is 0 Å². The minimum absolute atomic E-state index is 0.838. The highest BCUT2D eigenvalue weighted by Crippen LogP contribution is 2.37. The van der Waals surface area contributed by atoms with Crippen LogP contribution >= 0.6 is 11.8 Å². The lowest BCUT2D eigenvalue weighted by Gasteiger charge is -2.06. The first-order chi connectivity index (χ1) is 12.3. The van der Waals surface area contributed by atoms with Crippen LogP contribution in [0.2, 0.25) is 0 Å². The van der Waals surface area contributed by atoms with E-state index in [9.17, 15) is 0 Å². The molecule has 25 heavy (non-hydrogen) atoms. The number of aliphatic imine (C=N–C) groups is 1. The third-order valence-corrected chi connectivity index (χ3v) is 5.05. The van der Waals surface area contributed by atoms with Gasteiger partial charge < -0.3 is 4.98 Å². The average Bonchev–Trinajstić information content (AvgIpc) is 2.79. The molecule has 0 saturated heterocycles. The first-order valence-electron chi connectivity index (χ1n) is 8.67. The molecule has 0 atom stereocenters. The van der Waals surface area contributed by atoms with Gasteiger partial charge in [-0.05, 0) is 36.8 Å². The summed E-state index contributed by atoms with van der Waals surface area (Å²) in [5, 5.41) is 0. The lowest BCUT2D eigenvalue weighted by atomic mass is 10.0. The molecule has 0 fully saturated rings. The fraction of sp³-hybridized carbons (Fsp3) is 0.227. The van der Waals surface area contributed by atoms with Gasteiger partial charge >= 0.3 is 0 Å². The zero-order chi connectivity index (χ0) is 17.5. The van der Waals surface area contributed by atoms with Crippen LogP contribution < -0.4 is 0 Å². The number of nitrogens with one attached hydrogen (secondary N) is 1. The molecule has 2 aliphatic rings. The molecule has 1 N–H and O–H groups in total. The number of aromatic nitrogens is 1. The molecule has 2 nitrogen and oxygen atoms in total. The SMILES string of the molecule is C/C=C\C=C/CC=NC1=C(SC)c2[nH]c3c(c2CC=C1)C=CC=CC3. The van der Waals surface area contributed by atoms with E-state index in [1.165, 1.54) is 27.4 Å². The molecule has 0 amide bonds. The van der Waals surface area contributed by atoms with Crippen molar-refractivity contribution >= 4 is 29.0 Å². The lowest BCUT2D eigenvalue weighted by Crippen LogP contribution is -1.89. The largest absolute Gasteiger partial charge is 0.357 e. The van der Waals surface area contributed by atoms with Crippen molar-refractivity contribution in [3.8, 4) is 0 Å². The third-order valence-electron chi connectivity index (χ3n) is 4.23. The van der Waals surface area contributed by atoms with Crippen molar-refractivity contribution < 1.29 is 0 Å². The highest BCUT2D eigenvalue weighted by Gasteiger charge is 2.21. The summed E-state index contributed by atoms with van der Waals surface area (Å²) in [6.07, 6.45) is 28.1. The highest BCUT2D eigenvalue weighted by molar-refractivity contribution is 8.07. The molecule has 2 aliphatic carbocycles. The summed E-state index contributed by atoms with van der Waals surface area (Å²) in [4.78, 5) is 9.63. The molecule has 0 unspecified atom stereocenters. The van der Waals surface area contributed by atoms with E-state index >= 15 is 0 Å². The van der Waals surface area contributed by atoms with Gasteiger partial charge in [0.2, 0.25) is 0 Å². The Morgan fingerprint density at radius 3 is 2.92 bits per heavy atom. The smallest absolute Gasteiger partial charge is 0.0779 e. The molecule has 0 aliphatic heterocycles. The predicted molar refractivity (Wildman–Crippen MR) is 113 cm³/mol. The van der Waals surface area contributed by atoms with E-state index in [-0.39, 0.29) is 0 Å². The average molecular weight is 349 g/mol. The number of hydrogen-bond acceptors (Lipinski definition) is 2. The Balaban J connectivity index is 1.93. The summed E-state index contributed by atoms with van der Waals surface area (Å²) >= 11 is 1.76. The Bertz CT molecular complexity index is 826. The van der Waals surface area contributed by atoms with Gasteiger partial charge in [-0.25, -0.2) is 0 Å². The van der Waals surface area contributed by atoms with Crippen molar-refractivity contribution in [3.63, 3.8) is 0 Å². The van der Waals surface area contributed by atoms with Crippen molar-refractivity contribution in [1.29, 1.82) is 0 Å². The first kappa shape index (κ1) is 17.6. The van der Waals surface area contributed by atoms with E-state index < -0.39 is 0 Å². The van der Waals surface area contributed by atoms with Gasteiger partial charge in [-0.1, -0.05) is 54.7 Å². The van der Waals surface area contributed by atoms with Crippen molar-refractivity contribution in [1.82, 2.24) is 4.98 Å². The number of H-pyrrole nitrogens is 1. The van der Waals surface area contributed by atoms with Gasteiger partial charge in [-0.3, -0.25) is 4.99 Å². The summed E-state index contributed by atoms with van der Waals surface area (Å²) in [6.45, 7) is 2.02. The van der Waals surface area contributed by atoms with Gasteiger partial charge in [0, 0.05) is 24.8 Å². The number of aromatic amines is 1. The molecule has 0 spiro atoms. The number of hydrogen-bond donors (Lipinski definition) is 1. The van der Waals surface area contributed by atoms with Gasteiger partial charge in [-0.2, -0.15) is 0 Å². The monoisotopic (exact) mass is 348 g/mol. The Morgan fingerprint density at radius 1 is 1.16 bits per heavy atom. The van der Waals surface area contributed by atoms with Crippen LogP contribution in [0.4, 0.5) is 0 Å². The Hall–Kier alpha value is -2.26. The Morgan fingerprint density at radius 2 is 2.08 bits per heavy atom. The molecule has 0 aromatic carbocycles. The minimum Gasteiger partial charge on any atom is -0.357 e. The maximum absolute atomic E-state index is 4.74. The van der Waals surface area contributed by atoms with Crippen LogP contribution in [0.15, 0.2) is 65.4 Å². The standard InChI is InChI=1S/C22H24N2S/c1-3-4-5-6-10-16-23-20-15-11-13-18-17-12-8-7-9-14-19(17)24-21(18)22(20)25-2/h3-9,11-12,15-16,24H,10,13-14H2,1-2H3/b4-3-,6-5-,23-16?. The molecule has 3 heteroatoms. The molecule has 0 saturated carbocycles. The second-order valence-corrected chi connectivity index (χ2v) is 6.70. The van der Waals surface area contributed by atoms with Crippen molar-refractivity contribution in [2.24, 2.45) is 4.99 Å². The normalized spacial score (nSPS) is 16.9. The van der Waals surface area contributed by atoms with Crippen LogP contribution in [0.5, 0.6) is 0 Å². The lowest BCUT2D eigenvalue weighted by molar-refractivity contribution is 1.14. The third kappa shape index (κ3) is 4.05. The second kappa shape index (κ2) is 8.72. The maximum Gasteiger partial charge on any atom is 0.0779 e. The summed E-state index contributed by atoms with van der Waals surface area (Å²) in [5.74, 6) is 0. The molecular weight excluding hydrogens is 324 g/mol. The topological polar surface area (TPSA) is 28.1 Å². The molecule has 0 radical (unpaired) electrons. The first-order valence-corrected chi connectivity index (χ1v) is 9.90. The van der Waals surface area contributed by atoms with Crippen LogP contribution in [0.3, 0.4) is 0 Å². The molecule has 128 valence electrons. The fourth-order valence-electron chi connectivity index (χ4n) is 3.08. The van der Waals surface area contributed by atoms with Crippen LogP contribution in [-0.2, 0) is 12.8 Å². The number of rotatable bonds is 5. The zero-order valence-electron chi connectivity index (χ0n) is 14.8. The number of nitrogens with zero attached hydrogens (tertiary/aromatic N) is 1. The van der Waals surface area contributed by atoms with E-state index in [1.807, 2.05) is 25.3 Å². The fourth-order valence-corrected chi connectivity index (χ4v) is 3.78. The van der Waals surface area contributed by atoms with Crippen molar-refractivity contribution in [2.45, 2.75) is 26.2 Å². The number of thioether (sulfide) groups is 1. The molecule has 1 aromatic rings. The van der Waals surface area contributed by atoms with Gasteiger partial charge in [0.1, 0.15) is 0 Å². The summed E-state index contributed by atoms with van der Waals surface area (Å²) in [7, 11) is 0. The van der Waals surface area contributed by atoms with Crippen LogP contribution in [-0.4, -0.2) is 17.5 Å². The summed E-state index contributed by atoms with van der Waals surface area (Å²) < 4.78 is 0. The van der Waals surface area contributed by atoms with E-state index in [0.717, 1.165) is 25.0 Å². The van der Waals surface area contributed by atoms with E-state index in [1.54, 1.807) is 11.8 Å². The quantitative estimate of drug-likeness (QED) is 0.522. The van der Waals surface area contributed by atoms with Crippen molar-refractivity contribution in [3.05, 3.63) is 82.9 Å². The van der Waals surface area contributed by atoms with Crippen LogP contribution in [0.1, 0.15) is 35.9 Å². The summed E-state index contributed by atoms with van der Waals surface area (Å²) in [6, 6.07) is 0. The second-order valence-electron chi connectivity index (χ2n) is 5.89. The van der Waals surface area contributed by atoms with E-state index in [0.29, 0.717) is 0 Å². The maximum atomic E-state index is 4.74. The molecule has 1 aromatic heterocycles. The highest BCUT2D eigenvalue weighted by atomic mass is 32.2. The van der Waals surface area contributed by atoms with Gasteiger partial charge in [-0.15, -0.1) is 11.8 Å². The molecule has 0 bridgehead atoms. The molecule has 1 heterocycles. The van der Waals surface area contributed by atoms with Crippen molar-refractivity contribution in [2.75, 3.05) is 6.26 Å². The van der Waals surface area contributed by atoms with Gasteiger partial charge in [0.05, 0.1) is 16.3 Å². The Labute approximate surface area is 154 Å². The Kier molecular flexibility index (Phi) is 6.13. The minimum atomic E-state index is 0.838. The molecule has 3 rings (SSSR count). The number of fused-ring (bicyclic) bond motifs is 3.